The Morgan fingerprint density at radius 2 is 1.64 bits per heavy atom. The van der Waals surface area contributed by atoms with Crippen LogP contribution in [0.25, 0.3) is 0 Å². The first-order chi connectivity index (χ1) is 13.5. The van der Waals surface area contributed by atoms with Gasteiger partial charge in [0.05, 0.1) is 10.6 Å². The van der Waals surface area contributed by atoms with E-state index in [9.17, 15) is 13.2 Å². The molecule has 2 aliphatic heterocycles. The number of fused-ring (bicyclic) bond motifs is 1. The molecule has 5 nitrogen and oxygen atoms in total. The van der Waals surface area contributed by atoms with Crippen LogP contribution in [0.4, 0.5) is 0 Å². The van der Waals surface area contributed by atoms with Gasteiger partial charge < -0.3 is 10.2 Å². The van der Waals surface area contributed by atoms with Gasteiger partial charge in [0.1, 0.15) is 0 Å². The van der Waals surface area contributed by atoms with Crippen LogP contribution in [0.3, 0.4) is 0 Å². The summed E-state index contributed by atoms with van der Waals surface area (Å²) in [5.41, 5.74) is 1.22. The topological polar surface area (TPSA) is 66.5 Å². The standard InChI is InChI=1S/C22H26N2O3S/c25-22(24-11-9-19-14-23-15-20(19)10-12-24)18-6-4-5-17(13-18)16-28(26,27)21-7-2-1-3-8-21/h1-8,13,19-20,23H,9-12,14-16H2/t19-,20+. The van der Waals surface area contributed by atoms with Crippen molar-refractivity contribution in [2.75, 3.05) is 26.2 Å². The van der Waals surface area contributed by atoms with Gasteiger partial charge in [-0.2, -0.15) is 0 Å². The average Bonchev–Trinajstić information content (AvgIpc) is 3.06. The highest BCUT2D eigenvalue weighted by molar-refractivity contribution is 7.90. The third kappa shape index (κ3) is 4.13. The molecule has 0 aliphatic carbocycles. The molecule has 0 radical (unpaired) electrons. The first-order valence-electron chi connectivity index (χ1n) is 9.90. The van der Waals surface area contributed by atoms with Crippen molar-refractivity contribution in [3.63, 3.8) is 0 Å². The minimum atomic E-state index is -3.43. The van der Waals surface area contributed by atoms with E-state index in [-0.39, 0.29) is 11.7 Å². The monoisotopic (exact) mass is 398 g/mol. The Kier molecular flexibility index (Phi) is 5.51. The summed E-state index contributed by atoms with van der Waals surface area (Å²) >= 11 is 0. The van der Waals surface area contributed by atoms with Crippen molar-refractivity contribution in [1.29, 1.82) is 0 Å². The van der Waals surface area contributed by atoms with Gasteiger partial charge in [0.15, 0.2) is 9.84 Å². The van der Waals surface area contributed by atoms with Crippen LogP contribution < -0.4 is 5.32 Å². The summed E-state index contributed by atoms with van der Waals surface area (Å²) in [5.74, 6) is 1.24. The second-order valence-corrected chi connectivity index (χ2v) is 9.81. The largest absolute Gasteiger partial charge is 0.339 e. The maximum Gasteiger partial charge on any atom is 0.253 e. The van der Waals surface area contributed by atoms with Crippen LogP contribution in [-0.4, -0.2) is 45.4 Å². The fraction of sp³-hybridized carbons (Fsp3) is 0.409. The Labute approximate surface area is 166 Å². The fourth-order valence-corrected chi connectivity index (χ4v) is 5.69. The lowest BCUT2D eigenvalue weighted by molar-refractivity contribution is 0.0758. The molecule has 148 valence electrons. The third-order valence-corrected chi connectivity index (χ3v) is 7.64. The molecule has 0 unspecified atom stereocenters. The zero-order valence-corrected chi connectivity index (χ0v) is 16.7. The molecule has 0 aromatic heterocycles. The Hall–Kier alpha value is -2.18. The molecule has 2 aromatic carbocycles. The molecule has 28 heavy (non-hydrogen) atoms. The van der Waals surface area contributed by atoms with Gasteiger partial charge in [0, 0.05) is 18.7 Å². The van der Waals surface area contributed by atoms with E-state index in [0.29, 0.717) is 27.9 Å². The number of carbonyl (C=O) groups excluding carboxylic acids is 1. The number of rotatable bonds is 4. The Bertz CT molecular complexity index is 929. The summed E-state index contributed by atoms with van der Waals surface area (Å²) < 4.78 is 25.3. The van der Waals surface area contributed by atoms with E-state index in [1.807, 2.05) is 4.90 Å². The minimum Gasteiger partial charge on any atom is -0.339 e. The van der Waals surface area contributed by atoms with Crippen molar-refractivity contribution in [3.8, 4) is 0 Å². The summed E-state index contributed by atoms with van der Waals surface area (Å²) in [6.45, 7) is 3.65. The van der Waals surface area contributed by atoms with Crippen LogP contribution in [0.5, 0.6) is 0 Å². The number of amides is 1. The first kappa shape index (κ1) is 19.2. The zero-order chi connectivity index (χ0) is 19.6. The van der Waals surface area contributed by atoms with Gasteiger partial charge in [-0.1, -0.05) is 30.3 Å². The van der Waals surface area contributed by atoms with Crippen LogP contribution in [0.15, 0.2) is 59.5 Å². The number of carbonyl (C=O) groups is 1. The summed E-state index contributed by atoms with van der Waals surface area (Å²) in [7, 11) is -3.43. The molecule has 4 rings (SSSR count). The number of nitrogens with zero attached hydrogens (tertiary/aromatic N) is 1. The third-order valence-electron chi connectivity index (χ3n) is 5.94. The molecule has 2 aromatic rings. The highest BCUT2D eigenvalue weighted by Crippen LogP contribution is 2.28. The van der Waals surface area contributed by atoms with Crippen molar-refractivity contribution in [3.05, 3.63) is 65.7 Å². The van der Waals surface area contributed by atoms with Crippen LogP contribution >= 0.6 is 0 Å². The van der Waals surface area contributed by atoms with Crippen LogP contribution in [0.1, 0.15) is 28.8 Å². The number of benzene rings is 2. The Morgan fingerprint density at radius 3 is 2.32 bits per heavy atom. The minimum absolute atomic E-state index is 0.00638. The van der Waals surface area contributed by atoms with E-state index in [1.165, 1.54) is 0 Å². The van der Waals surface area contributed by atoms with Crippen molar-refractivity contribution < 1.29 is 13.2 Å². The average molecular weight is 399 g/mol. The van der Waals surface area contributed by atoms with E-state index in [2.05, 4.69) is 5.32 Å². The van der Waals surface area contributed by atoms with E-state index in [1.54, 1.807) is 54.6 Å². The van der Waals surface area contributed by atoms with E-state index in [4.69, 9.17) is 0 Å². The van der Waals surface area contributed by atoms with Crippen molar-refractivity contribution in [2.24, 2.45) is 11.8 Å². The lowest BCUT2D eigenvalue weighted by atomic mass is 9.92. The van der Waals surface area contributed by atoms with Crippen LogP contribution in [0.2, 0.25) is 0 Å². The molecule has 0 saturated carbocycles. The second-order valence-electron chi connectivity index (χ2n) is 7.82. The number of sulfone groups is 1. The summed E-state index contributed by atoms with van der Waals surface area (Å²) in [6, 6.07) is 15.5. The molecule has 2 atom stereocenters. The van der Waals surface area contributed by atoms with E-state index in [0.717, 1.165) is 39.0 Å². The molecular formula is C22H26N2O3S. The van der Waals surface area contributed by atoms with Crippen molar-refractivity contribution >= 4 is 15.7 Å². The molecule has 0 bridgehead atoms. The fourth-order valence-electron chi connectivity index (χ4n) is 4.33. The normalized spacial score (nSPS) is 22.5. The summed E-state index contributed by atoms with van der Waals surface area (Å²) in [6.07, 6.45) is 2.07. The van der Waals surface area contributed by atoms with Crippen molar-refractivity contribution in [1.82, 2.24) is 10.2 Å². The maximum absolute atomic E-state index is 13.0. The molecule has 6 heteroatoms. The smallest absolute Gasteiger partial charge is 0.253 e. The predicted molar refractivity (Wildman–Crippen MR) is 109 cm³/mol. The van der Waals surface area contributed by atoms with Gasteiger partial charge in [-0.15, -0.1) is 0 Å². The molecule has 0 spiro atoms. The molecule has 1 amide bonds. The van der Waals surface area contributed by atoms with E-state index >= 15 is 0 Å². The number of hydrogen-bond acceptors (Lipinski definition) is 4. The van der Waals surface area contributed by atoms with Crippen molar-refractivity contribution in [2.45, 2.75) is 23.5 Å². The maximum atomic E-state index is 13.0. The molecule has 2 aliphatic rings. The highest BCUT2D eigenvalue weighted by atomic mass is 32.2. The summed E-state index contributed by atoms with van der Waals surface area (Å²) in [4.78, 5) is 15.3. The predicted octanol–water partition coefficient (Wildman–Crippen LogP) is 2.73. The number of nitrogens with one attached hydrogen (secondary N) is 1. The second kappa shape index (κ2) is 8.05. The Morgan fingerprint density at radius 1 is 0.964 bits per heavy atom. The van der Waals surface area contributed by atoms with Gasteiger partial charge in [0.25, 0.3) is 5.91 Å². The van der Waals surface area contributed by atoms with Gasteiger partial charge in [-0.3, -0.25) is 4.79 Å². The number of likely N-dealkylation sites (tertiary alicyclic amines) is 1. The first-order valence-corrected chi connectivity index (χ1v) is 11.5. The molecular weight excluding hydrogens is 372 g/mol. The van der Waals surface area contributed by atoms with Crippen LogP contribution in [0, 0.1) is 11.8 Å². The lowest BCUT2D eigenvalue weighted by Crippen LogP contribution is -2.32. The van der Waals surface area contributed by atoms with Gasteiger partial charge in [-0.25, -0.2) is 8.42 Å². The molecule has 2 fully saturated rings. The molecule has 2 saturated heterocycles. The van der Waals surface area contributed by atoms with Crippen LogP contribution in [-0.2, 0) is 15.6 Å². The quantitative estimate of drug-likeness (QED) is 0.860. The van der Waals surface area contributed by atoms with E-state index < -0.39 is 9.84 Å². The van der Waals surface area contributed by atoms with Gasteiger partial charge in [0.2, 0.25) is 0 Å². The molecule has 2 heterocycles. The number of hydrogen-bond donors (Lipinski definition) is 1. The summed E-state index contributed by atoms with van der Waals surface area (Å²) in [5, 5.41) is 3.45. The highest BCUT2D eigenvalue weighted by Gasteiger charge is 2.31. The van der Waals surface area contributed by atoms with Gasteiger partial charge >= 0.3 is 0 Å². The molecule has 1 N–H and O–H groups in total. The zero-order valence-electron chi connectivity index (χ0n) is 15.9. The van der Waals surface area contributed by atoms with Gasteiger partial charge in [-0.05, 0) is 67.6 Å². The SMILES string of the molecule is O=C(c1cccc(CS(=O)(=O)c2ccccc2)c1)N1CC[C@@H]2CNC[C@@H]2CC1. The Balaban J connectivity index is 1.48. The lowest BCUT2D eigenvalue weighted by Gasteiger charge is -2.21.